The van der Waals surface area contributed by atoms with Gasteiger partial charge in [0.15, 0.2) is 0 Å². The normalized spacial score (nSPS) is 12.3. The first-order valence-electron chi connectivity index (χ1n) is 13.4. The highest BCUT2D eigenvalue weighted by molar-refractivity contribution is 7.12. The monoisotopic (exact) mass is 590 g/mol. The van der Waals surface area contributed by atoms with Crippen LogP contribution in [0.1, 0.15) is 51.4 Å². The number of rotatable bonds is 10. The molecule has 212 valence electrons. The van der Waals surface area contributed by atoms with E-state index >= 15 is 0 Å². The van der Waals surface area contributed by atoms with Gasteiger partial charge in [0, 0.05) is 45.2 Å². The number of nitrogens with two attached hydrogens (primary N) is 1. The highest BCUT2D eigenvalue weighted by Crippen LogP contribution is 2.33. The minimum Gasteiger partial charge on any atom is -0.448 e. The Balaban J connectivity index is 1.74. The average Bonchev–Trinajstić information content (AvgIpc) is 3.54. The molecule has 10 heteroatoms. The van der Waals surface area contributed by atoms with Crippen LogP contribution >= 0.6 is 22.9 Å². The van der Waals surface area contributed by atoms with E-state index in [1.54, 1.807) is 39.8 Å². The zero-order chi connectivity index (χ0) is 29.3. The van der Waals surface area contributed by atoms with E-state index in [4.69, 9.17) is 26.7 Å². The lowest BCUT2D eigenvalue weighted by atomic mass is 9.99. The summed E-state index contributed by atoms with van der Waals surface area (Å²) < 4.78 is 7.58. The minimum absolute atomic E-state index is 0.119. The van der Waals surface area contributed by atoms with Crippen molar-refractivity contribution in [1.29, 1.82) is 0 Å². The number of amides is 1. The summed E-state index contributed by atoms with van der Waals surface area (Å²) in [6, 6.07) is 15.7. The topological polar surface area (TPSA) is 111 Å². The Morgan fingerprint density at radius 3 is 2.56 bits per heavy atom. The number of thiophene rings is 1. The SMILES string of the molecule is Cc1ccc(C(=O)N(CCN)C(c2nc3c(oc4ccc(Cl)cc43)c(=O)n2Cc2ccc(CC=O)s2)C(C)C)cc1. The number of hydrogen-bond donors (Lipinski definition) is 1. The Bertz CT molecular complexity index is 1790. The number of carbonyl (C=O) groups excluding carboxylic acids is 2. The van der Waals surface area contributed by atoms with Crippen LogP contribution in [0.15, 0.2) is 63.8 Å². The largest absolute Gasteiger partial charge is 0.448 e. The predicted octanol–water partition coefficient (Wildman–Crippen LogP) is 5.75. The van der Waals surface area contributed by atoms with Gasteiger partial charge in [-0.25, -0.2) is 4.98 Å². The number of carbonyl (C=O) groups is 2. The molecule has 0 bridgehead atoms. The van der Waals surface area contributed by atoms with Crippen LogP contribution in [0.4, 0.5) is 0 Å². The zero-order valence-corrected chi connectivity index (χ0v) is 24.7. The summed E-state index contributed by atoms with van der Waals surface area (Å²) in [6.07, 6.45) is 1.16. The Labute approximate surface area is 246 Å². The van der Waals surface area contributed by atoms with E-state index in [9.17, 15) is 14.4 Å². The molecule has 1 unspecified atom stereocenters. The Hall–Kier alpha value is -3.79. The summed E-state index contributed by atoms with van der Waals surface area (Å²) in [5.41, 5.74) is 8.26. The standard InChI is InChI=1S/C31H31ClN4O4S/c1-18(2)27(35(14-13-33)30(38)20-6-4-19(3)5-7-20)29-34-26-24-16-21(32)8-11-25(24)40-28(26)31(39)36(29)17-23-10-9-22(41-23)12-15-37/h4-11,15-16,18,27H,12-14,17,33H2,1-3H3. The van der Waals surface area contributed by atoms with Crippen molar-refractivity contribution in [3.05, 3.63) is 96.7 Å². The van der Waals surface area contributed by atoms with Crippen LogP contribution in [-0.4, -0.2) is 39.7 Å². The molecule has 2 aromatic carbocycles. The molecule has 5 rings (SSSR count). The molecule has 3 heterocycles. The number of halogens is 1. The number of benzene rings is 2. The smallest absolute Gasteiger partial charge is 0.297 e. The van der Waals surface area contributed by atoms with Gasteiger partial charge in [-0.1, -0.05) is 43.1 Å². The lowest BCUT2D eigenvalue weighted by Crippen LogP contribution is -2.43. The fourth-order valence-corrected chi connectivity index (χ4v) is 6.24. The third-order valence-electron chi connectivity index (χ3n) is 7.04. The molecule has 0 fully saturated rings. The molecule has 8 nitrogen and oxygen atoms in total. The number of hydrogen-bond acceptors (Lipinski definition) is 7. The number of aryl methyl sites for hydroxylation is 1. The van der Waals surface area contributed by atoms with Crippen LogP contribution in [0.25, 0.3) is 22.1 Å². The van der Waals surface area contributed by atoms with Crippen LogP contribution < -0.4 is 11.3 Å². The molecule has 0 aliphatic heterocycles. The second kappa shape index (κ2) is 12.0. The molecule has 1 amide bonds. The van der Waals surface area contributed by atoms with Crippen molar-refractivity contribution in [2.45, 2.75) is 39.8 Å². The van der Waals surface area contributed by atoms with Gasteiger partial charge < -0.3 is 19.8 Å². The van der Waals surface area contributed by atoms with Crippen molar-refractivity contribution in [2.24, 2.45) is 11.7 Å². The van der Waals surface area contributed by atoms with Gasteiger partial charge in [0.1, 0.15) is 23.2 Å². The van der Waals surface area contributed by atoms with Gasteiger partial charge in [-0.2, -0.15) is 0 Å². The third-order valence-corrected chi connectivity index (χ3v) is 8.37. The molecule has 5 aromatic rings. The quantitative estimate of drug-likeness (QED) is 0.207. The number of nitrogens with zero attached hydrogens (tertiary/aromatic N) is 3. The molecule has 0 radical (unpaired) electrons. The van der Waals surface area contributed by atoms with E-state index in [1.165, 1.54) is 11.3 Å². The highest BCUT2D eigenvalue weighted by atomic mass is 35.5. The van der Waals surface area contributed by atoms with Crippen molar-refractivity contribution in [3.8, 4) is 0 Å². The summed E-state index contributed by atoms with van der Waals surface area (Å²) in [5.74, 6) is 0.112. The molecular weight excluding hydrogens is 560 g/mol. The molecule has 0 saturated carbocycles. The number of aromatic nitrogens is 2. The summed E-state index contributed by atoms with van der Waals surface area (Å²) in [4.78, 5) is 47.7. The van der Waals surface area contributed by atoms with E-state index in [-0.39, 0.29) is 42.6 Å². The molecule has 0 aliphatic carbocycles. The molecule has 0 aliphatic rings. The van der Waals surface area contributed by atoms with Crippen molar-refractivity contribution >= 4 is 57.2 Å². The Morgan fingerprint density at radius 1 is 1.15 bits per heavy atom. The lowest BCUT2D eigenvalue weighted by molar-refractivity contribution is -0.107. The highest BCUT2D eigenvalue weighted by Gasteiger charge is 2.33. The predicted molar refractivity (Wildman–Crippen MR) is 163 cm³/mol. The van der Waals surface area contributed by atoms with Gasteiger partial charge in [-0.15, -0.1) is 11.3 Å². The molecular formula is C31H31ClN4O4S. The van der Waals surface area contributed by atoms with Crippen LogP contribution in [0.5, 0.6) is 0 Å². The second-order valence-electron chi connectivity index (χ2n) is 10.4. The van der Waals surface area contributed by atoms with E-state index in [0.29, 0.717) is 39.3 Å². The summed E-state index contributed by atoms with van der Waals surface area (Å²) in [5, 5.41) is 1.12. The first-order chi connectivity index (χ1) is 19.7. The third kappa shape index (κ3) is 5.70. The Morgan fingerprint density at radius 2 is 1.88 bits per heavy atom. The Kier molecular flexibility index (Phi) is 8.40. The summed E-state index contributed by atoms with van der Waals surface area (Å²) >= 11 is 7.76. The minimum atomic E-state index is -0.581. The lowest BCUT2D eigenvalue weighted by Gasteiger charge is -2.35. The van der Waals surface area contributed by atoms with Crippen LogP contribution in [-0.2, 0) is 17.8 Å². The van der Waals surface area contributed by atoms with Gasteiger partial charge in [-0.05, 0) is 55.3 Å². The number of aldehydes is 1. The van der Waals surface area contributed by atoms with Gasteiger partial charge >= 0.3 is 0 Å². The molecule has 41 heavy (non-hydrogen) atoms. The van der Waals surface area contributed by atoms with Crippen molar-refractivity contribution in [1.82, 2.24) is 14.5 Å². The van der Waals surface area contributed by atoms with Crippen molar-refractivity contribution in [2.75, 3.05) is 13.1 Å². The fourth-order valence-electron chi connectivity index (χ4n) is 5.11. The van der Waals surface area contributed by atoms with E-state index < -0.39 is 6.04 Å². The second-order valence-corrected chi connectivity index (χ2v) is 12.1. The fraction of sp³-hybridized carbons (Fsp3) is 0.290. The maximum absolute atomic E-state index is 14.1. The molecule has 0 saturated heterocycles. The van der Waals surface area contributed by atoms with Gasteiger partial charge in [0.2, 0.25) is 5.58 Å². The number of fused-ring (bicyclic) bond motifs is 3. The van der Waals surface area contributed by atoms with Crippen LogP contribution in [0.3, 0.4) is 0 Å². The van der Waals surface area contributed by atoms with Crippen molar-refractivity contribution in [3.63, 3.8) is 0 Å². The summed E-state index contributed by atoms with van der Waals surface area (Å²) in [6.45, 7) is 6.66. The summed E-state index contributed by atoms with van der Waals surface area (Å²) in [7, 11) is 0. The van der Waals surface area contributed by atoms with E-state index in [1.807, 2.05) is 45.0 Å². The van der Waals surface area contributed by atoms with Gasteiger partial charge in [-0.3, -0.25) is 14.2 Å². The maximum atomic E-state index is 14.1. The van der Waals surface area contributed by atoms with E-state index in [2.05, 4.69) is 0 Å². The molecule has 3 aromatic heterocycles. The van der Waals surface area contributed by atoms with E-state index in [0.717, 1.165) is 21.6 Å². The van der Waals surface area contributed by atoms with Crippen molar-refractivity contribution < 1.29 is 14.0 Å². The van der Waals surface area contributed by atoms with Crippen LogP contribution in [0.2, 0.25) is 5.02 Å². The first kappa shape index (κ1) is 28.7. The maximum Gasteiger partial charge on any atom is 0.297 e. The first-order valence-corrected chi connectivity index (χ1v) is 14.6. The van der Waals surface area contributed by atoms with Crippen LogP contribution in [0, 0.1) is 12.8 Å². The van der Waals surface area contributed by atoms with Gasteiger partial charge in [0.05, 0.1) is 12.6 Å². The number of furan rings is 1. The molecule has 0 spiro atoms. The zero-order valence-electron chi connectivity index (χ0n) is 23.1. The average molecular weight is 591 g/mol. The molecule has 2 N–H and O–H groups in total. The van der Waals surface area contributed by atoms with Gasteiger partial charge in [0.25, 0.3) is 11.5 Å². The molecule has 1 atom stereocenters.